The van der Waals surface area contributed by atoms with Crippen molar-refractivity contribution < 1.29 is 9.53 Å². The first-order valence-electron chi connectivity index (χ1n) is 7.12. The molecule has 0 radical (unpaired) electrons. The number of rotatable bonds is 4. The molecule has 0 saturated heterocycles. The molecule has 106 valence electrons. The predicted octanol–water partition coefficient (Wildman–Crippen LogP) is 4.61. The van der Waals surface area contributed by atoms with E-state index in [1.807, 2.05) is 25.3 Å². The van der Waals surface area contributed by atoms with Gasteiger partial charge in [-0.3, -0.25) is 4.79 Å². The summed E-state index contributed by atoms with van der Waals surface area (Å²) in [7, 11) is 0. The Morgan fingerprint density at radius 2 is 1.95 bits per heavy atom. The molecule has 0 atom stereocenters. The summed E-state index contributed by atoms with van der Waals surface area (Å²) in [6.07, 6.45) is 3.81. The van der Waals surface area contributed by atoms with Crippen molar-refractivity contribution in [1.29, 1.82) is 0 Å². The summed E-state index contributed by atoms with van der Waals surface area (Å²) < 4.78 is 5.94. The van der Waals surface area contributed by atoms with Gasteiger partial charge in [0.15, 0.2) is 5.78 Å². The molecule has 0 unspecified atom stereocenters. The van der Waals surface area contributed by atoms with Crippen molar-refractivity contribution in [2.24, 2.45) is 5.41 Å². The maximum atomic E-state index is 12.8. The van der Waals surface area contributed by atoms with E-state index in [9.17, 15) is 4.79 Å². The first-order chi connectivity index (χ1) is 8.88. The zero-order valence-electron chi connectivity index (χ0n) is 12.4. The lowest BCUT2D eigenvalue weighted by Crippen LogP contribution is -2.46. The molecule has 1 aromatic rings. The molecule has 1 aliphatic rings. The number of hydrogen-bond acceptors (Lipinski definition) is 3. The molecule has 2 rings (SSSR count). The first kappa shape index (κ1) is 14.7. The van der Waals surface area contributed by atoms with Crippen molar-refractivity contribution in [1.82, 2.24) is 0 Å². The van der Waals surface area contributed by atoms with E-state index in [0.29, 0.717) is 12.0 Å². The fourth-order valence-corrected chi connectivity index (χ4v) is 3.55. The van der Waals surface area contributed by atoms with E-state index in [0.717, 1.165) is 31.2 Å². The van der Waals surface area contributed by atoms with Gasteiger partial charge in [0.1, 0.15) is 5.60 Å². The minimum atomic E-state index is -0.572. The summed E-state index contributed by atoms with van der Waals surface area (Å²) in [4.78, 5) is 14.0. The smallest absolute Gasteiger partial charge is 0.195 e. The van der Waals surface area contributed by atoms with Crippen LogP contribution in [0.5, 0.6) is 0 Å². The van der Waals surface area contributed by atoms with Crippen LogP contribution in [0.3, 0.4) is 0 Å². The van der Waals surface area contributed by atoms with Gasteiger partial charge in [0.25, 0.3) is 0 Å². The summed E-state index contributed by atoms with van der Waals surface area (Å²) in [5.41, 5.74) is 0.596. The van der Waals surface area contributed by atoms with Crippen LogP contribution in [0, 0.1) is 12.3 Å². The molecule has 2 nitrogen and oxygen atoms in total. The molecule has 3 heteroatoms. The highest BCUT2D eigenvalue weighted by Crippen LogP contribution is 2.43. The van der Waals surface area contributed by atoms with Gasteiger partial charge in [0, 0.05) is 22.4 Å². The van der Waals surface area contributed by atoms with E-state index in [-0.39, 0.29) is 5.78 Å². The molecule has 19 heavy (non-hydrogen) atoms. The van der Waals surface area contributed by atoms with Gasteiger partial charge in [-0.15, -0.1) is 11.3 Å². The van der Waals surface area contributed by atoms with Crippen molar-refractivity contribution in [3.8, 4) is 0 Å². The van der Waals surface area contributed by atoms with Crippen LogP contribution in [0.25, 0.3) is 0 Å². The number of ketones is 1. The molecule has 1 fully saturated rings. The summed E-state index contributed by atoms with van der Waals surface area (Å²) in [5.74, 6) is 0.189. The first-order valence-corrected chi connectivity index (χ1v) is 8.00. The largest absolute Gasteiger partial charge is 0.367 e. The van der Waals surface area contributed by atoms with Gasteiger partial charge in [-0.1, -0.05) is 13.8 Å². The second-order valence-electron chi connectivity index (χ2n) is 6.37. The van der Waals surface area contributed by atoms with Gasteiger partial charge in [0.2, 0.25) is 0 Å². The van der Waals surface area contributed by atoms with E-state index in [4.69, 9.17) is 4.74 Å². The Labute approximate surface area is 120 Å². The van der Waals surface area contributed by atoms with Crippen molar-refractivity contribution in [2.45, 2.75) is 59.0 Å². The number of carbonyl (C=O) groups is 1. The summed E-state index contributed by atoms with van der Waals surface area (Å²) in [6.45, 7) is 9.19. The van der Waals surface area contributed by atoms with Crippen LogP contribution < -0.4 is 0 Å². The highest BCUT2D eigenvalue weighted by Gasteiger charge is 2.45. The van der Waals surface area contributed by atoms with Gasteiger partial charge in [-0.25, -0.2) is 0 Å². The van der Waals surface area contributed by atoms with Gasteiger partial charge in [-0.05, 0) is 51.0 Å². The molecular weight excluding hydrogens is 256 g/mol. The van der Waals surface area contributed by atoms with Crippen molar-refractivity contribution >= 4 is 17.1 Å². The van der Waals surface area contributed by atoms with Gasteiger partial charge in [-0.2, -0.15) is 0 Å². The lowest BCUT2D eigenvalue weighted by atomic mass is 9.69. The summed E-state index contributed by atoms with van der Waals surface area (Å²) >= 11 is 1.64. The predicted molar refractivity (Wildman–Crippen MR) is 80.0 cm³/mol. The molecular formula is C16H24O2S. The molecule has 0 N–H and O–H groups in total. The van der Waals surface area contributed by atoms with Crippen molar-refractivity contribution in [3.63, 3.8) is 0 Å². The average Bonchev–Trinajstić information content (AvgIpc) is 2.78. The molecule has 1 saturated carbocycles. The fraction of sp³-hybridized carbons (Fsp3) is 0.688. The maximum absolute atomic E-state index is 12.8. The Kier molecular flexibility index (Phi) is 4.17. The number of hydrogen-bond donors (Lipinski definition) is 0. The van der Waals surface area contributed by atoms with E-state index in [1.54, 1.807) is 11.3 Å². The molecule has 0 bridgehead atoms. The van der Waals surface area contributed by atoms with Crippen LogP contribution in [-0.4, -0.2) is 18.0 Å². The summed E-state index contributed by atoms with van der Waals surface area (Å²) in [5, 5.41) is 1.97. The Bertz CT molecular complexity index is 449. The third kappa shape index (κ3) is 3.09. The van der Waals surface area contributed by atoms with Gasteiger partial charge in [0.05, 0.1) is 0 Å². The molecule has 0 spiro atoms. The number of ether oxygens (including phenoxy) is 1. The van der Waals surface area contributed by atoms with Crippen LogP contribution in [0.15, 0.2) is 11.4 Å². The van der Waals surface area contributed by atoms with Crippen molar-refractivity contribution in [2.75, 3.05) is 6.61 Å². The van der Waals surface area contributed by atoms with Gasteiger partial charge < -0.3 is 4.74 Å². The quantitative estimate of drug-likeness (QED) is 0.753. The molecule has 1 heterocycles. The Morgan fingerprint density at radius 3 is 2.42 bits per heavy atom. The third-order valence-electron chi connectivity index (χ3n) is 4.24. The second kappa shape index (κ2) is 5.37. The molecule has 1 aromatic heterocycles. The van der Waals surface area contributed by atoms with Crippen LogP contribution in [0.1, 0.15) is 61.7 Å². The lowest BCUT2D eigenvalue weighted by molar-refractivity contribution is -0.0580. The number of carbonyl (C=O) groups excluding carboxylic acids is 1. The van der Waals surface area contributed by atoms with E-state index in [1.165, 1.54) is 4.88 Å². The topological polar surface area (TPSA) is 26.3 Å². The number of aryl methyl sites for hydroxylation is 1. The monoisotopic (exact) mass is 280 g/mol. The minimum absolute atomic E-state index is 0.189. The van der Waals surface area contributed by atoms with Crippen LogP contribution in [-0.2, 0) is 4.74 Å². The SMILES string of the molecule is CCOC1(C(=O)c2csc(C)c2)CCC(C)(C)CC1. The average molecular weight is 280 g/mol. The molecule has 1 aliphatic carbocycles. The maximum Gasteiger partial charge on any atom is 0.195 e. The second-order valence-corrected chi connectivity index (χ2v) is 7.48. The highest BCUT2D eigenvalue weighted by atomic mass is 32.1. The summed E-state index contributed by atoms with van der Waals surface area (Å²) in [6, 6.07) is 1.99. The standard InChI is InChI=1S/C16H24O2S/c1-5-18-16(8-6-15(3,4)7-9-16)14(17)13-10-12(2)19-11-13/h10-11H,5-9H2,1-4H3. The van der Waals surface area contributed by atoms with E-state index in [2.05, 4.69) is 13.8 Å². The third-order valence-corrected chi connectivity index (χ3v) is 5.10. The van der Waals surface area contributed by atoms with Gasteiger partial charge >= 0.3 is 0 Å². The Hall–Kier alpha value is -0.670. The Balaban J connectivity index is 2.23. The molecule has 0 aliphatic heterocycles. The van der Waals surface area contributed by atoms with Crippen LogP contribution in [0.4, 0.5) is 0 Å². The zero-order valence-corrected chi connectivity index (χ0v) is 13.2. The van der Waals surface area contributed by atoms with Crippen molar-refractivity contribution in [3.05, 3.63) is 21.9 Å². The highest BCUT2D eigenvalue weighted by molar-refractivity contribution is 7.10. The van der Waals surface area contributed by atoms with Crippen LogP contribution in [0.2, 0.25) is 0 Å². The number of thiophene rings is 1. The number of Topliss-reactive ketones (excluding diaryl/α,β-unsaturated/α-hetero) is 1. The minimum Gasteiger partial charge on any atom is -0.367 e. The normalized spacial score (nSPS) is 21.3. The fourth-order valence-electron chi connectivity index (χ4n) is 2.87. The lowest BCUT2D eigenvalue weighted by Gasteiger charge is -2.42. The van der Waals surface area contributed by atoms with E-state index < -0.39 is 5.60 Å². The molecule has 0 amide bonds. The molecule has 0 aromatic carbocycles. The Morgan fingerprint density at radius 1 is 1.32 bits per heavy atom. The van der Waals surface area contributed by atoms with E-state index >= 15 is 0 Å². The van der Waals surface area contributed by atoms with Crippen LogP contribution >= 0.6 is 11.3 Å². The zero-order chi connectivity index (χ0) is 14.1.